The summed E-state index contributed by atoms with van der Waals surface area (Å²) in [6.07, 6.45) is 5.33. The van der Waals surface area contributed by atoms with Gasteiger partial charge in [0.1, 0.15) is 6.61 Å². The Morgan fingerprint density at radius 1 is 1.40 bits per heavy atom. The van der Waals surface area contributed by atoms with Gasteiger partial charge in [-0.05, 0) is 7.05 Å². The molecular weight excluding hydrogens is 126 g/mol. The maximum atomic E-state index is 9.94. The lowest BCUT2D eigenvalue weighted by molar-refractivity contribution is 0.232. The molecule has 0 heterocycles. The quantitative estimate of drug-likeness (QED) is 0.524. The summed E-state index contributed by atoms with van der Waals surface area (Å²) >= 11 is 0. The van der Waals surface area contributed by atoms with Gasteiger partial charge in [0.15, 0.2) is 0 Å². The van der Waals surface area contributed by atoms with Crippen molar-refractivity contribution in [3.8, 4) is 0 Å². The molecule has 0 spiro atoms. The molecule has 0 N–H and O–H groups in total. The van der Waals surface area contributed by atoms with Crippen molar-refractivity contribution < 1.29 is 5.11 Å². The molecule has 0 saturated carbocycles. The van der Waals surface area contributed by atoms with Crippen molar-refractivity contribution in [2.75, 3.05) is 26.7 Å². The molecule has 2 nitrogen and oxygen atoms in total. The molecule has 0 aliphatic heterocycles. The van der Waals surface area contributed by atoms with Crippen LogP contribution < -0.4 is 0 Å². The smallest absolute Gasteiger partial charge is 0.100 e. The van der Waals surface area contributed by atoms with Crippen LogP contribution in [0.5, 0.6) is 0 Å². The summed E-state index contributed by atoms with van der Waals surface area (Å²) in [5.41, 5.74) is 0. The molecule has 0 amide bonds. The van der Waals surface area contributed by atoms with Crippen LogP contribution in [0.1, 0.15) is 0 Å². The molecule has 0 aromatic carbocycles. The molecule has 0 fully saturated rings. The second-order valence-corrected chi connectivity index (χ2v) is 2.15. The van der Waals surface area contributed by atoms with Crippen molar-refractivity contribution in [1.82, 2.24) is 4.90 Å². The van der Waals surface area contributed by atoms with Gasteiger partial charge in [0, 0.05) is 13.1 Å². The van der Waals surface area contributed by atoms with E-state index in [1.54, 1.807) is 6.08 Å². The van der Waals surface area contributed by atoms with Crippen LogP contribution in [0.25, 0.3) is 0 Å². The summed E-state index contributed by atoms with van der Waals surface area (Å²) in [7, 11) is 1.98. The van der Waals surface area contributed by atoms with Crippen molar-refractivity contribution in [2.24, 2.45) is 0 Å². The van der Waals surface area contributed by atoms with Crippen molar-refractivity contribution >= 4 is 0 Å². The lowest BCUT2D eigenvalue weighted by atomic mass is 10.4. The Hall–Kier alpha value is -0.600. The highest BCUT2D eigenvalue weighted by Gasteiger charge is 1.87. The number of hydrogen-bond donors (Lipinski definition) is 0. The fraction of sp³-hybridized carbons (Fsp3) is 0.500. The summed E-state index contributed by atoms with van der Waals surface area (Å²) in [5, 5.41) is 9.94. The van der Waals surface area contributed by atoms with E-state index in [-0.39, 0.29) is 6.61 Å². The highest BCUT2D eigenvalue weighted by Crippen LogP contribution is 1.82. The third kappa shape index (κ3) is 5.54. The van der Waals surface area contributed by atoms with Gasteiger partial charge in [0.05, 0.1) is 0 Å². The topological polar surface area (TPSA) is 23.1 Å². The van der Waals surface area contributed by atoms with E-state index >= 15 is 0 Å². The van der Waals surface area contributed by atoms with Gasteiger partial charge in [-0.2, -0.15) is 0 Å². The van der Waals surface area contributed by atoms with Crippen molar-refractivity contribution in [1.29, 1.82) is 0 Å². The third-order valence-corrected chi connectivity index (χ3v) is 1.12. The fourth-order valence-electron chi connectivity index (χ4n) is 0.617. The average Bonchev–Trinajstić information content (AvgIpc) is 1.89. The molecule has 0 aromatic rings. The highest BCUT2D eigenvalue weighted by atomic mass is 16.2. The molecule has 0 atom stereocenters. The zero-order valence-corrected chi connectivity index (χ0v) is 6.42. The van der Waals surface area contributed by atoms with Gasteiger partial charge in [-0.3, -0.25) is 4.90 Å². The minimum atomic E-state index is -0.123. The Balaban J connectivity index is 3.28. The summed E-state index contributed by atoms with van der Waals surface area (Å²) in [6.45, 7) is 5.17. The highest BCUT2D eigenvalue weighted by molar-refractivity contribution is 4.85. The van der Waals surface area contributed by atoms with Gasteiger partial charge < -0.3 is 0 Å². The molecule has 57 valence electrons. The number of likely N-dealkylation sites (N-methyl/N-ethyl adjacent to an activating group) is 1. The van der Waals surface area contributed by atoms with Crippen molar-refractivity contribution in [3.05, 3.63) is 24.8 Å². The molecule has 0 unspecified atom stereocenters. The Bertz CT molecular complexity index is 110. The van der Waals surface area contributed by atoms with Gasteiger partial charge in [0.25, 0.3) is 0 Å². The van der Waals surface area contributed by atoms with Crippen molar-refractivity contribution in [3.63, 3.8) is 0 Å². The van der Waals surface area contributed by atoms with Gasteiger partial charge >= 0.3 is 0 Å². The van der Waals surface area contributed by atoms with E-state index in [1.807, 2.05) is 19.2 Å². The average molecular weight is 140 g/mol. The van der Waals surface area contributed by atoms with E-state index in [2.05, 4.69) is 11.5 Å². The first-order valence-corrected chi connectivity index (χ1v) is 3.33. The summed E-state index contributed by atoms with van der Waals surface area (Å²) in [5.74, 6) is 0. The second-order valence-electron chi connectivity index (χ2n) is 2.15. The lowest BCUT2D eigenvalue weighted by Gasteiger charge is -2.09. The first-order chi connectivity index (χ1) is 4.81. The molecule has 2 heteroatoms. The Kier molecular flexibility index (Phi) is 6.13. The Morgan fingerprint density at radius 3 is 2.60 bits per heavy atom. The summed E-state index contributed by atoms with van der Waals surface area (Å²) < 4.78 is 0. The van der Waals surface area contributed by atoms with Gasteiger partial charge in [-0.1, -0.05) is 18.2 Å². The van der Waals surface area contributed by atoms with Gasteiger partial charge in [-0.15, -0.1) is 6.58 Å². The maximum absolute atomic E-state index is 9.94. The largest absolute Gasteiger partial charge is 0.299 e. The van der Waals surface area contributed by atoms with Crippen LogP contribution in [-0.4, -0.2) is 31.6 Å². The SMILES string of the molecule is C=CCN(C)CC=CC[O]. The Labute approximate surface area is 62.5 Å². The number of rotatable bonds is 5. The number of hydrogen-bond acceptors (Lipinski definition) is 1. The minimum Gasteiger partial charge on any atom is -0.299 e. The van der Waals surface area contributed by atoms with Gasteiger partial charge in [0.2, 0.25) is 0 Å². The van der Waals surface area contributed by atoms with Crippen LogP contribution in [0.4, 0.5) is 0 Å². The van der Waals surface area contributed by atoms with E-state index in [9.17, 15) is 5.11 Å². The standard InChI is InChI=1S/C8H14NO/c1-3-6-9(2)7-4-5-8-10/h3-5H,1,6-8H2,2H3. The Morgan fingerprint density at radius 2 is 2.10 bits per heavy atom. The summed E-state index contributed by atoms with van der Waals surface area (Å²) in [6, 6.07) is 0. The van der Waals surface area contributed by atoms with Crippen LogP contribution >= 0.6 is 0 Å². The molecule has 0 saturated heterocycles. The predicted molar refractivity (Wildman–Crippen MR) is 42.4 cm³/mol. The lowest BCUT2D eigenvalue weighted by Crippen LogP contribution is -2.17. The van der Waals surface area contributed by atoms with Crippen LogP contribution in [0, 0.1) is 0 Å². The molecule has 0 aromatic heterocycles. The molecule has 0 aliphatic carbocycles. The zero-order chi connectivity index (χ0) is 7.82. The monoisotopic (exact) mass is 140 g/mol. The molecular formula is C8H14NO. The maximum Gasteiger partial charge on any atom is 0.100 e. The molecule has 1 radical (unpaired) electrons. The van der Waals surface area contributed by atoms with E-state index in [4.69, 9.17) is 0 Å². The number of nitrogens with zero attached hydrogens (tertiary/aromatic N) is 1. The van der Waals surface area contributed by atoms with Crippen molar-refractivity contribution in [2.45, 2.75) is 0 Å². The minimum absolute atomic E-state index is 0.123. The second kappa shape index (κ2) is 6.52. The van der Waals surface area contributed by atoms with Crippen LogP contribution in [0.2, 0.25) is 0 Å². The molecule has 10 heavy (non-hydrogen) atoms. The zero-order valence-electron chi connectivity index (χ0n) is 6.42. The first kappa shape index (κ1) is 9.40. The predicted octanol–water partition coefficient (Wildman–Crippen LogP) is 1.09. The third-order valence-electron chi connectivity index (χ3n) is 1.12. The van der Waals surface area contributed by atoms with E-state index < -0.39 is 0 Å². The van der Waals surface area contributed by atoms with Crippen LogP contribution in [-0.2, 0) is 5.11 Å². The van der Waals surface area contributed by atoms with Crippen LogP contribution in [0.15, 0.2) is 24.8 Å². The van der Waals surface area contributed by atoms with Crippen LogP contribution in [0.3, 0.4) is 0 Å². The van der Waals surface area contributed by atoms with E-state index in [0.717, 1.165) is 13.1 Å². The first-order valence-electron chi connectivity index (χ1n) is 3.33. The normalized spacial score (nSPS) is 11.1. The van der Waals surface area contributed by atoms with Gasteiger partial charge in [-0.25, -0.2) is 5.11 Å². The molecule has 0 aliphatic rings. The molecule has 0 bridgehead atoms. The fourth-order valence-corrected chi connectivity index (χ4v) is 0.617. The van der Waals surface area contributed by atoms with E-state index in [0.29, 0.717) is 0 Å². The summed E-state index contributed by atoms with van der Waals surface area (Å²) in [4.78, 5) is 2.07. The molecule has 0 rings (SSSR count). The van der Waals surface area contributed by atoms with E-state index in [1.165, 1.54) is 0 Å².